The second kappa shape index (κ2) is 8.92. The zero-order valence-corrected chi connectivity index (χ0v) is 15.3. The second-order valence-electron chi connectivity index (χ2n) is 5.95. The summed E-state index contributed by atoms with van der Waals surface area (Å²) in [6.07, 6.45) is 1.82. The number of amides is 1. The van der Waals surface area contributed by atoms with Crippen molar-refractivity contribution in [3.8, 4) is 11.5 Å². The van der Waals surface area contributed by atoms with E-state index in [2.05, 4.69) is 10.3 Å². The number of benzene rings is 2. The maximum absolute atomic E-state index is 13.7. The second-order valence-corrected chi connectivity index (χ2v) is 5.95. The van der Waals surface area contributed by atoms with Gasteiger partial charge in [-0.25, -0.2) is 13.6 Å². The van der Waals surface area contributed by atoms with E-state index >= 15 is 0 Å². The lowest BCUT2D eigenvalue weighted by molar-refractivity contribution is -0.123. The Hall–Kier alpha value is -3.81. The van der Waals surface area contributed by atoms with Crippen molar-refractivity contribution in [1.29, 1.82) is 0 Å². The normalized spacial score (nSPS) is 11.4. The summed E-state index contributed by atoms with van der Waals surface area (Å²) in [4.78, 5) is 28.6. The minimum atomic E-state index is -1.24. The summed E-state index contributed by atoms with van der Waals surface area (Å²) in [6, 6.07) is 12.4. The summed E-state index contributed by atoms with van der Waals surface area (Å²) in [5, 5.41) is 2.25. The molecule has 0 fully saturated rings. The molecule has 0 saturated carbocycles. The fourth-order valence-electron chi connectivity index (χ4n) is 2.36. The average molecular weight is 398 g/mol. The van der Waals surface area contributed by atoms with Gasteiger partial charge in [0, 0.05) is 12.3 Å². The highest BCUT2D eigenvalue weighted by atomic mass is 19.1. The fourth-order valence-corrected chi connectivity index (χ4v) is 2.36. The number of nitrogens with zero attached hydrogens (tertiary/aromatic N) is 1. The molecule has 1 unspecified atom stereocenters. The van der Waals surface area contributed by atoms with E-state index < -0.39 is 29.6 Å². The number of esters is 1. The summed E-state index contributed by atoms with van der Waals surface area (Å²) in [5.74, 6) is -2.63. The van der Waals surface area contributed by atoms with Crippen LogP contribution in [0.3, 0.4) is 0 Å². The minimum Gasteiger partial charge on any atom is -0.455 e. The Labute approximate surface area is 165 Å². The standard InChI is InChI=1S/C21H16F2N2O4/c1-13(20(26)25-18-9-8-14(22)11-17(18)23)28-21(27)16-6-2-3-7-19(16)29-15-5-4-10-24-12-15/h2-13H,1H3,(H,25,26). The molecule has 0 aliphatic heterocycles. The molecule has 148 valence electrons. The summed E-state index contributed by atoms with van der Waals surface area (Å²) < 4.78 is 37.5. The smallest absolute Gasteiger partial charge is 0.342 e. The van der Waals surface area contributed by atoms with Crippen LogP contribution in [0.15, 0.2) is 67.0 Å². The van der Waals surface area contributed by atoms with Crippen LogP contribution in [0.25, 0.3) is 0 Å². The van der Waals surface area contributed by atoms with Crippen molar-refractivity contribution >= 4 is 17.6 Å². The van der Waals surface area contributed by atoms with Crippen LogP contribution in [0, 0.1) is 11.6 Å². The average Bonchev–Trinajstić information content (AvgIpc) is 2.71. The number of ether oxygens (including phenoxy) is 2. The number of anilines is 1. The summed E-state index contributed by atoms with van der Waals surface area (Å²) in [5.41, 5.74) is -0.122. The van der Waals surface area contributed by atoms with Gasteiger partial charge in [0.15, 0.2) is 6.10 Å². The Balaban J connectivity index is 1.69. The van der Waals surface area contributed by atoms with Gasteiger partial charge in [0.25, 0.3) is 5.91 Å². The van der Waals surface area contributed by atoms with Gasteiger partial charge < -0.3 is 14.8 Å². The first-order chi connectivity index (χ1) is 13.9. The van der Waals surface area contributed by atoms with Gasteiger partial charge >= 0.3 is 5.97 Å². The highest BCUT2D eigenvalue weighted by Crippen LogP contribution is 2.25. The van der Waals surface area contributed by atoms with Crippen LogP contribution >= 0.6 is 0 Å². The fraction of sp³-hybridized carbons (Fsp3) is 0.0952. The number of aromatic nitrogens is 1. The molecule has 0 radical (unpaired) electrons. The zero-order chi connectivity index (χ0) is 20.8. The summed E-state index contributed by atoms with van der Waals surface area (Å²) in [6.45, 7) is 1.33. The number of hydrogen-bond acceptors (Lipinski definition) is 5. The number of halogens is 2. The summed E-state index contributed by atoms with van der Waals surface area (Å²) >= 11 is 0. The molecule has 0 bridgehead atoms. The molecule has 0 spiro atoms. The quantitative estimate of drug-likeness (QED) is 0.625. The highest BCUT2D eigenvalue weighted by Gasteiger charge is 2.22. The van der Waals surface area contributed by atoms with E-state index in [4.69, 9.17) is 9.47 Å². The van der Waals surface area contributed by atoms with E-state index in [0.717, 1.165) is 12.1 Å². The van der Waals surface area contributed by atoms with Crippen LogP contribution in [0.4, 0.5) is 14.5 Å². The SMILES string of the molecule is CC(OC(=O)c1ccccc1Oc1cccnc1)C(=O)Nc1ccc(F)cc1F. The van der Waals surface area contributed by atoms with Crippen LogP contribution in [0.2, 0.25) is 0 Å². The third-order valence-electron chi connectivity index (χ3n) is 3.81. The lowest BCUT2D eigenvalue weighted by atomic mass is 10.2. The van der Waals surface area contributed by atoms with Gasteiger partial charge in [-0.1, -0.05) is 12.1 Å². The first kappa shape index (κ1) is 19.9. The molecule has 1 heterocycles. The first-order valence-corrected chi connectivity index (χ1v) is 8.58. The van der Waals surface area contributed by atoms with Crippen LogP contribution in [-0.4, -0.2) is 23.0 Å². The molecule has 29 heavy (non-hydrogen) atoms. The lowest BCUT2D eigenvalue weighted by Crippen LogP contribution is -2.30. The maximum atomic E-state index is 13.7. The van der Waals surface area contributed by atoms with Crippen LogP contribution < -0.4 is 10.1 Å². The molecule has 3 rings (SSSR count). The Kier molecular flexibility index (Phi) is 6.13. The van der Waals surface area contributed by atoms with Gasteiger partial charge in [-0.05, 0) is 43.3 Å². The predicted molar refractivity (Wildman–Crippen MR) is 101 cm³/mol. The molecule has 2 aromatic carbocycles. The van der Waals surface area contributed by atoms with Crippen molar-refractivity contribution in [2.24, 2.45) is 0 Å². The number of rotatable bonds is 6. The molecule has 0 aliphatic carbocycles. The van der Waals surface area contributed by atoms with Crippen molar-refractivity contribution in [3.05, 3.63) is 84.2 Å². The Morgan fingerprint density at radius 2 is 1.86 bits per heavy atom. The third-order valence-corrected chi connectivity index (χ3v) is 3.81. The Bertz CT molecular complexity index is 1030. The number of para-hydroxylation sites is 1. The van der Waals surface area contributed by atoms with E-state index in [1.165, 1.54) is 19.2 Å². The van der Waals surface area contributed by atoms with Crippen molar-refractivity contribution < 1.29 is 27.8 Å². The number of carbonyl (C=O) groups is 2. The maximum Gasteiger partial charge on any atom is 0.342 e. The van der Waals surface area contributed by atoms with E-state index in [-0.39, 0.29) is 17.0 Å². The van der Waals surface area contributed by atoms with Crippen molar-refractivity contribution in [2.45, 2.75) is 13.0 Å². The van der Waals surface area contributed by atoms with Crippen LogP contribution in [0.5, 0.6) is 11.5 Å². The van der Waals surface area contributed by atoms with Gasteiger partial charge in [-0.2, -0.15) is 0 Å². The topological polar surface area (TPSA) is 77.5 Å². The van der Waals surface area contributed by atoms with E-state index in [1.54, 1.807) is 36.5 Å². The third kappa shape index (κ3) is 5.13. The van der Waals surface area contributed by atoms with E-state index in [0.29, 0.717) is 11.8 Å². The number of nitrogens with one attached hydrogen (secondary N) is 1. The lowest BCUT2D eigenvalue weighted by Gasteiger charge is -2.15. The predicted octanol–water partition coefficient (Wildman–Crippen LogP) is 4.34. The van der Waals surface area contributed by atoms with Crippen LogP contribution in [-0.2, 0) is 9.53 Å². The van der Waals surface area contributed by atoms with Gasteiger partial charge in [0.05, 0.1) is 11.9 Å². The molecule has 0 aliphatic rings. The molecule has 1 amide bonds. The molecular weight excluding hydrogens is 382 g/mol. The van der Waals surface area contributed by atoms with Crippen LogP contribution in [0.1, 0.15) is 17.3 Å². The van der Waals surface area contributed by atoms with Gasteiger partial charge in [0.2, 0.25) is 0 Å². The van der Waals surface area contributed by atoms with Crippen molar-refractivity contribution in [2.75, 3.05) is 5.32 Å². The molecule has 1 aromatic heterocycles. The molecule has 3 aromatic rings. The largest absolute Gasteiger partial charge is 0.455 e. The minimum absolute atomic E-state index is 0.101. The van der Waals surface area contributed by atoms with Gasteiger partial charge in [-0.15, -0.1) is 0 Å². The van der Waals surface area contributed by atoms with Gasteiger partial charge in [-0.3, -0.25) is 9.78 Å². The monoisotopic (exact) mass is 398 g/mol. The highest BCUT2D eigenvalue weighted by molar-refractivity contribution is 5.98. The molecule has 6 nitrogen and oxygen atoms in total. The van der Waals surface area contributed by atoms with Crippen molar-refractivity contribution in [3.63, 3.8) is 0 Å². The Morgan fingerprint density at radius 3 is 2.59 bits per heavy atom. The Morgan fingerprint density at radius 1 is 1.07 bits per heavy atom. The first-order valence-electron chi connectivity index (χ1n) is 8.58. The molecule has 8 heteroatoms. The zero-order valence-electron chi connectivity index (χ0n) is 15.3. The number of pyridine rings is 1. The van der Waals surface area contributed by atoms with E-state index in [1.807, 2.05) is 0 Å². The van der Waals surface area contributed by atoms with E-state index in [9.17, 15) is 18.4 Å². The summed E-state index contributed by atoms with van der Waals surface area (Å²) in [7, 11) is 0. The van der Waals surface area contributed by atoms with Crippen molar-refractivity contribution in [1.82, 2.24) is 4.98 Å². The van der Waals surface area contributed by atoms with Gasteiger partial charge in [0.1, 0.15) is 28.7 Å². The molecule has 1 atom stereocenters. The molecular formula is C21H16F2N2O4. The number of hydrogen-bond donors (Lipinski definition) is 1. The molecule has 1 N–H and O–H groups in total. The number of carbonyl (C=O) groups excluding carboxylic acids is 2. The molecule has 0 saturated heterocycles.